The Hall–Kier alpha value is -1.42. The van der Waals surface area contributed by atoms with Crippen LogP contribution in [-0.2, 0) is 13.0 Å². The zero-order valence-electron chi connectivity index (χ0n) is 8.60. The predicted molar refractivity (Wildman–Crippen MR) is 62.3 cm³/mol. The van der Waals surface area contributed by atoms with Crippen molar-refractivity contribution < 1.29 is 0 Å². The Morgan fingerprint density at radius 1 is 1.53 bits per heavy atom. The van der Waals surface area contributed by atoms with E-state index >= 15 is 0 Å². The molecule has 0 saturated carbocycles. The van der Waals surface area contributed by atoms with Gasteiger partial charge in [-0.25, -0.2) is 0 Å². The number of nitrogens with zero attached hydrogens (tertiary/aromatic N) is 2. The number of hydrogen-bond acceptors (Lipinski definition) is 2. The van der Waals surface area contributed by atoms with Crippen molar-refractivity contribution in [2.75, 3.05) is 0 Å². The number of hydrogen-bond donors (Lipinski definition) is 1. The van der Waals surface area contributed by atoms with Gasteiger partial charge in [0.05, 0.1) is 12.2 Å². The van der Waals surface area contributed by atoms with Crippen molar-refractivity contribution in [3.05, 3.63) is 46.8 Å². The summed E-state index contributed by atoms with van der Waals surface area (Å²) in [6, 6.07) is 4.08. The van der Waals surface area contributed by atoms with Gasteiger partial charge in [0.1, 0.15) is 0 Å². The standard InChI is InChI=1S/C11H13N3S/c1-2-9-4-3-5-12-10(9)8-14-7-6-13-11(14)15/h3-7H,2,8H2,1H3,(H,13,15). The molecule has 2 heterocycles. The Morgan fingerprint density at radius 2 is 2.40 bits per heavy atom. The summed E-state index contributed by atoms with van der Waals surface area (Å²) in [7, 11) is 0. The highest BCUT2D eigenvalue weighted by Crippen LogP contribution is 2.08. The lowest BCUT2D eigenvalue weighted by Crippen LogP contribution is -2.04. The van der Waals surface area contributed by atoms with Gasteiger partial charge >= 0.3 is 0 Å². The van der Waals surface area contributed by atoms with Gasteiger partial charge in [-0.2, -0.15) is 0 Å². The third-order valence-corrected chi connectivity index (χ3v) is 2.76. The zero-order valence-corrected chi connectivity index (χ0v) is 9.42. The number of pyridine rings is 1. The minimum absolute atomic E-state index is 0.739. The van der Waals surface area contributed by atoms with Crippen molar-refractivity contribution in [2.24, 2.45) is 0 Å². The van der Waals surface area contributed by atoms with E-state index in [1.54, 1.807) is 0 Å². The van der Waals surface area contributed by atoms with Crippen molar-refractivity contribution in [2.45, 2.75) is 19.9 Å². The molecule has 2 aromatic rings. The predicted octanol–water partition coefficient (Wildman–Crippen LogP) is 2.55. The molecule has 0 atom stereocenters. The molecule has 0 bridgehead atoms. The first-order chi connectivity index (χ1) is 7.31. The monoisotopic (exact) mass is 219 g/mol. The molecule has 2 aromatic heterocycles. The molecule has 0 fully saturated rings. The molecule has 0 radical (unpaired) electrons. The second kappa shape index (κ2) is 4.40. The van der Waals surface area contributed by atoms with Gasteiger partial charge in [-0.05, 0) is 30.3 Å². The van der Waals surface area contributed by atoms with Gasteiger partial charge in [0.2, 0.25) is 0 Å². The number of aromatic amines is 1. The maximum Gasteiger partial charge on any atom is 0.177 e. The first kappa shape index (κ1) is 10.1. The molecule has 78 valence electrons. The Balaban J connectivity index is 2.32. The smallest absolute Gasteiger partial charge is 0.177 e. The Kier molecular flexibility index (Phi) is 2.97. The quantitative estimate of drug-likeness (QED) is 0.805. The van der Waals surface area contributed by atoms with E-state index in [1.807, 2.05) is 29.2 Å². The van der Waals surface area contributed by atoms with Crippen LogP contribution in [0.1, 0.15) is 18.2 Å². The summed E-state index contributed by atoms with van der Waals surface area (Å²) >= 11 is 5.14. The highest BCUT2D eigenvalue weighted by molar-refractivity contribution is 7.71. The molecule has 0 aliphatic rings. The van der Waals surface area contributed by atoms with Gasteiger partial charge in [-0.3, -0.25) is 4.98 Å². The van der Waals surface area contributed by atoms with Crippen molar-refractivity contribution in [1.29, 1.82) is 0 Å². The highest BCUT2D eigenvalue weighted by atomic mass is 32.1. The molecule has 0 saturated heterocycles. The van der Waals surface area contributed by atoms with Crippen molar-refractivity contribution in [3.63, 3.8) is 0 Å². The summed E-state index contributed by atoms with van der Waals surface area (Å²) in [5, 5.41) is 0. The molecule has 3 nitrogen and oxygen atoms in total. The van der Waals surface area contributed by atoms with E-state index < -0.39 is 0 Å². The van der Waals surface area contributed by atoms with Gasteiger partial charge < -0.3 is 9.55 Å². The van der Waals surface area contributed by atoms with E-state index in [0.717, 1.165) is 23.4 Å². The number of rotatable bonds is 3. The van der Waals surface area contributed by atoms with Crippen LogP contribution in [0.15, 0.2) is 30.7 Å². The first-order valence-corrected chi connectivity index (χ1v) is 5.38. The Labute approximate surface area is 93.8 Å². The number of imidazole rings is 1. The lowest BCUT2D eigenvalue weighted by molar-refractivity contribution is 0.750. The largest absolute Gasteiger partial charge is 0.337 e. The lowest BCUT2D eigenvalue weighted by Gasteiger charge is -2.06. The summed E-state index contributed by atoms with van der Waals surface area (Å²) in [5.74, 6) is 0. The summed E-state index contributed by atoms with van der Waals surface area (Å²) in [6.45, 7) is 2.88. The topological polar surface area (TPSA) is 33.6 Å². The van der Waals surface area contributed by atoms with Crippen LogP contribution in [0.4, 0.5) is 0 Å². The molecule has 0 aliphatic carbocycles. The van der Waals surface area contributed by atoms with E-state index in [0.29, 0.717) is 0 Å². The second-order valence-corrected chi connectivity index (χ2v) is 3.74. The van der Waals surface area contributed by atoms with E-state index in [1.165, 1.54) is 5.56 Å². The fraction of sp³-hybridized carbons (Fsp3) is 0.273. The fourth-order valence-corrected chi connectivity index (χ4v) is 1.76. The summed E-state index contributed by atoms with van der Waals surface area (Å²) in [4.78, 5) is 7.36. The molecule has 15 heavy (non-hydrogen) atoms. The molecule has 0 aliphatic heterocycles. The summed E-state index contributed by atoms with van der Waals surface area (Å²) in [5.41, 5.74) is 2.37. The van der Waals surface area contributed by atoms with Gasteiger partial charge in [0.15, 0.2) is 4.77 Å². The minimum atomic E-state index is 0.739. The highest BCUT2D eigenvalue weighted by Gasteiger charge is 2.02. The van der Waals surface area contributed by atoms with Gasteiger partial charge in [-0.1, -0.05) is 13.0 Å². The third kappa shape index (κ3) is 2.15. The van der Waals surface area contributed by atoms with Crippen LogP contribution in [0.25, 0.3) is 0 Å². The fourth-order valence-electron chi connectivity index (χ4n) is 1.57. The number of aryl methyl sites for hydroxylation is 1. The van der Waals surface area contributed by atoms with Crippen LogP contribution in [0, 0.1) is 4.77 Å². The van der Waals surface area contributed by atoms with Gasteiger partial charge in [-0.15, -0.1) is 0 Å². The van der Waals surface area contributed by atoms with Gasteiger partial charge in [0, 0.05) is 18.6 Å². The normalized spacial score (nSPS) is 10.5. The van der Waals surface area contributed by atoms with E-state index in [4.69, 9.17) is 12.2 Å². The Morgan fingerprint density at radius 3 is 3.07 bits per heavy atom. The zero-order chi connectivity index (χ0) is 10.7. The van der Waals surface area contributed by atoms with Crippen LogP contribution < -0.4 is 0 Å². The van der Waals surface area contributed by atoms with E-state index in [-0.39, 0.29) is 0 Å². The molecular formula is C11H13N3S. The van der Waals surface area contributed by atoms with Crippen LogP contribution in [0.5, 0.6) is 0 Å². The lowest BCUT2D eigenvalue weighted by atomic mass is 10.1. The molecule has 0 aromatic carbocycles. The summed E-state index contributed by atoms with van der Waals surface area (Å²) < 4.78 is 2.72. The van der Waals surface area contributed by atoms with Crippen molar-refractivity contribution >= 4 is 12.2 Å². The molecule has 0 amide bonds. The van der Waals surface area contributed by atoms with Crippen LogP contribution in [0.2, 0.25) is 0 Å². The van der Waals surface area contributed by atoms with Crippen LogP contribution in [-0.4, -0.2) is 14.5 Å². The van der Waals surface area contributed by atoms with Crippen LogP contribution in [0.3, 0.4) is 0 Å². The summed E-state index contributed by atoms with van der Waals surface area (Å²) in [6.07, 6.45) is 6.61. The number of H-pyrrole nitrogens is 1. The number of nitrogens with one attached hydrogen (secondary N) is 1. The SMILES string of the molecule is CCc1cccnc1Cn1cc[nH]c1=S. The molecule has 0 unspecified atom stereocenters. The van der Waals surface area contributed by atoms with Crippen molar-refractivity contribution in [3.8, 4) is 0 Å². The molecule has 1 N–H and O–H groups in total. The average molecular weight is 219 g/mol. The number of aromatic nitrogens is 3. The molecule has 2 rings (SSSR count). The maximum atomic E-state index is 5.14. The second-order valence-electron chi connectivity index (χ2n) is 3.36. The van der Waals surface area contributed by atoms with E-state index in [9.17, 15) is 0 Å². The molecule has 4 heteroatoms. The van der Waals surface area contributed by atoms with Crippen LogP contribution >= 0.6 is 12.2 Å². The van der Waals surface area contributed by atoms with E-state index in [2.05, 4.69) is 23.0 Å². The first-order valence-electron chi connectivity index (χ1n) is 4.98. The molecule has 0 spiro atoms. The third-order valence-electron chi connectivity index (χ3n) is 2.41. The van der Waals surface area contributed by atoms with Crippen molar-refractivity contribution in [1.82, 2.24) is 14.5 Å². The molecular weight excluding hydrogens is 206 g/mol. The Bertz CT molecular complexity index is 498. The maximum absolute atomic E-state index is 5.14. The minimum Gasteiger partial charge on any atom is -0.337 e. The average Bonchev–Trinajstić information content (AvgIpc) is 2.65. The van der Waals surface area contributed by atoms with Gasteiger partial charge in [0.25, 0.3) is 0 Å².